The maximum atomic E-state index is 11.1. The number of nitrogens with zero attached hydrogens (tertiary/aromatic N) is 1. The van der Waals surface area contributed by atoms with Crippen molar-refractivity contribution in [2.75, 3.05) is 13.1 Å². The lowest BCUT2D eigenvalue weighted by Crippen LogP contribution is -2.34. The molecule has 3 rings (SSSR count). The molecule has 2 atom stereocenters. The molecule has 132 valence electrons. The number of carboxylic acids is 1. The molecule has 1 aliphatic rings. The second-order valence-electron chi connectivity index (χ2n) is 6.94. The van der Waals surface area contributed by atoms with Crippen molar-refractivity contribution in [3.63, 3.8) is 0 Å². The van der Waals surface area contributed by atoms with E-state index >= 15 is 0 Å². The first-order chi connectivity index (χ1) is 12.1. The lowest BCUT2D eigenvalue weighted by molar-refractivity contribution is 0.0696. The van der Waals surface area contributed by atoms with Gasteiger partial charge in [0.25, 0.3) is 0 Å². The molecule has 1 aliphatic heterocycles. The average molecular weight is 338 g/mol. The van der Waals surface area contributed by atoms with E-state index in [9.17, 15) is 4.79 Å². The number of hydrogen-bond acceptors (Lipinski definition) is 3. The predicted molar refractivity (Wildman–Crippen MR) is 99.5 cm³/mol. The topological polar surface area (TPSA) is 52.6 Å². The van der Waals surface area contributed by atoms with Crippen LogP contribution < -0.4 is 5.32 Å². The van der Waals surface area contributed by atoms with Crippen LogP contribution in [0.25, 0.3) is 0 Å². The van der Waals surface area contributed by atoms with Crippen LogP contribution in [0.4, 0.5) is 0 Å². The van der Waals surface area contributed by atoms with Gasteiger partial charge in [0.1, 0.15) is 0 Å². The van der Waals surface area contributed by atoms with Crippen LogP contribution in [-0.2, 0) is 13.1 Å². The van der Waals surface area contributed by atoms with Gasteiger partial charge in [-0.25, -0.2) is 4.79 Å². The summed E-state index contributed by atoms with van der Waals surface area (Å²) in [4.78, 5) is 13.6. The van der Waals surface area contributed by atoms with E-state index in [0.717, 1.165) is 25.2 Å². The molecule has 25 heavy (non-hydrogen) atoms. The fraction of sp³-hybridized carbons (Fsp3) is 0.381. The first kappa shape index (κ1) is 17.6. The third-order valence-corrected chi connectivity index (χ3v) is 5.07. The van der Waals surface area contributed by atoms with Crippen LogP contribution in [0, 0.1) is 5.92 Å². The fourth-order valence-electron chi connectivity index (χ4n) is 3.52. The Morgan fingerprint density at radius 3 is 2.72 bits per heavy atom. The van der Waals surface area contributed by atoms with Gasteiger partial charge < -0.3 is 10.4 Å². The molecule has 1 heterocycles. The second kappa shape index (κ2) is 8.28. The normalized spacial score (nSPS) is 19.0. The smallest absolute Gasteiger partial charge is 0.335 e. The van der Waals surface area contributed by atoms with Crippen molar-refractivity contribution in [1.82, 2.24) is 10.2 Å². The summed E-state index contributed by atoms with van der Waals surface area (Å²) in [5.74, 6) is -0.242. The van der Waals surface area contributed by atoms with Crippen LogP contribution in [0.15, 0.2) is 54.6 Å². The first-order valence-corrected chi connectivity index (χ1v) is 8.93. The van der Waals surface area contributed by atoms with Crippen molar-refractivity contribution in [3.8, 4) is 0 Å². The number of carbonyl (C=O) groups is 1. The maximum absolute atomic E-state index is 11.1. The Kier molecular flexibility index (Phi) is 5.84. The van der Waals surface area contributed by atoms with Gasteiger partial charge in [0.2, 0.25) is 0 Å². The van der Waals surface area contributed by atoms with Crippen molar-refractivity contribution in [2.24, 2.45) is 5.92 Å². The minimum atomic E-state index is -0.873. The summed E-state index contributed by atoms with van der Waals surface area (Å²) in [5, 5.41) is 12.7. The monoisotopic (exact) mass is 338 g/mol. The van der Waals surface area contributed by atoms with Crippen LogP contribution in [0.5, 0.6) is 0 Å². The highest BCUT2D eigenvalue weighted by Gasteiger charge is 2.26. The van der Waals surface area contributed by atoms with Gasteiger partial charge in [0.15, 0.2) is 0 Å². The van der Waals surface area contributed by atoms with Gasteiger partial charge in [0, 0.05) is 25.7 Å². The molecule has 2 N–H and O–H groups in total. The van der Waals surface area contributed by atoms with Gasteiger partial charge in [-0.3, -0.25) is 4.90 Å². The van der Waals surface area contributed by atoms with Gasteiger partial charge in [0.05, 0.1) is 5.56 Å². The molecule has 0 radical (unpaired) electrons. The summed E-state index contributed by atoms with van der Waals surface area (Å²) < 4.78 is 0. The summed E-state index contributed by atoms with van der Waals surface area (Å²) in [6.45, 7) is 6.21. The van der Waals surface area contributed by atoms with E-state index in [1.807, 2.05) is 12.1 Å². The summed E-state index contributed by atoms with van der Waals surface area (Å²) in [7, 11) is 0. The molecule has 2 unspecified atom stereocenters. The van der Waals surface area contributed by atoms with E-state index in [1.165, 1.54) is 12.0 Å². The zero-order chi connectivity index (χ0) is 17.6. The van der Waals surface area contributed by atoms with Crippen LogP contribution in [-0.4, -0.2) is 35.1 Å². The van der Waals surface area contributed by atoms with E-state index in [0.29, 0.717) is 24.1 Å². The average Bonchev–Trinajstić information content (AvgIpc) is 3.09. The van der Waals surface area contributed by atoms with Crippen LogP contribution in [0.1, 0.15) is 34.8 Å². The van der Waals surface area contributed by atoms with Crippen molar-refractivity contribution in [2.45, 2.75) is 32.5 Å². The van der Waals surface area contributed by atoms with Gasteiger partial charge in [-0.1, -0.05) is 42.5 Å². The Balaban J connectivity index is 1.48. The molecule has 0 spiro atoms. The lowest BCUT2D eigenvalue weighted by atomic mass is 10.00. The number of hydrogen-bond donors (Lipinski definition) is 2. The number of likely N-dealkylation sites (tertiary alicyclic amines) is 1. The largest absolute Gasteiger partial charge is 0.478 e. The summed E-state index contributed by atoms with van der Waals surface area (Å²) in [6, 6.07) is 18.2. The van der Waals surface area contributed by atoms with Gasteiger partial charge in [-0.05, 0) is 49.1 Å². The highest BCUT2D eigenvalue weighted by Crippen LogP contribution is 2.22. The first-order valence-electron chi connectivity index (χ1n) is 8.93. The van der Waals surface area contributed by atoms with Gasteiger partial charge in [-0.2, -0.15) is 0 Å². The number of aromatic carboxylic acids is 1. The van der Waals surface area contributed by atoms with Crippen LogP contribution in [0.3, 0.4) is 0 Å². The fourth-order valence-corrected chi connectivity index (χ4v) is 3.52. The Bertz CT molecular complexity index is 702. The number of rotatable bonds is 7. The van der Waals surface area contributed by atoms with Crippen molar-refractivity contribution in [3.05, 3.63) is 71.3 Å². The molecule has 1 fully saturated rings. The van der Waals surface area contributed by atoms with E-state index < -0.39 is 5.97 Å². The highest BCUT2D eigenvalue weighted by atomic mass is 16.4. The molecular formula is C21H26N2O2. The lowest BCUT2D eigenvalue weighted by Gasteiger charge is -2.22. The molecule has 1 saturated heterocycles. The zero-order valence-electron chi connectivity index (χ0n) is 14.7. The van der Waals surface area contributed by atoms with E-state index in [4.69, 9.17) is 5.11 Å². The van der Waals surface area contributed by atoms with Crippen molar-refractivity contribution in [1.29, 1.82) is 0 Å². The van der Waals surface area contributed by atoms with Crippen LogP contribution in [0.2, 0.25) is 0 Å². The van der Waals surface area contributed by atoms with E-state index in [-0.39, 0.29) is 0 Å². The molecule has 0 aromatic heterocycles. The molecule has 4 nitrogen and oxygen atoms in total. The third-order valence-electron chi connectivity index (χ3n) is 5.07. The molecule has 2 aromatic rings. The van der Waals surface area contributed by atoms with Crippen molar-refractivity contribution >= 4 is 5.97 Å². The summed E-state index contributed by atoms with van der Waals surface area (Å²) >= 11 is 0. The molecule has 0 saturated carbocycles. The molecule has 0 bridgehead atoms. The number of carboxylic acid groups (broad SMARTS) is 1. The minimum absolute atomic E-state index is 0.349. The Labute approximate surface area is 149 Å². The van der Waals surface area contributed by atoms with Crippen LogP contribution >= 0.6 is 0 Å². The van der Waals surface area contributed by atoms with E-state index in [2.05, 4.69) is 47.5 Å². The number of benzene rings is 2. The quantitative estimate of drug-likeness (QED) is 0.812. The van der Waals surface area contributed by atoms with Gasteiger partial charge >= 0.3 is 5.97 Å². The second-order valence-corrected chi connectivity index (χ2v) is 6.94. The molecule has 0 aliphatic carbocycles. The Morgan fingerprint density at radius 1 is 1.20 bits per heavy atom. The highest BCUT2D eigenvalue weighted by molar-refractivity contribution is 5.87. The summed E-state index contributed by atoms with van der Waals surface area (Å²) in [6.07, 6.45) is 1.20. The molecular weight excluding hydrogens is 312 g/mol. The summed E-state index contributed by atoms with van der Waals surface area (Å²) in [5.41, 5.74) is 2.74. The van der Waals surface area contributed by atoms with E-state index in [1.54, 1.807) is 12.1 Å². The third kappa shape index (κ3) is 4.91. The molecule has 2 aromatic carbocycles. The van der Waals surface area contributed by atoms with Gasteiger partial charge in [-0.15, -0.1) is 0 Å². The Hall–Kier alpha value is -2.17. The maximum Gasteiger partial charge on any atom is 0.335 e. The molecule has 0 amide bonds. The predicted octanol–water partition coefficient (Wildman–Crippen LogP) is 3.39. The SMILES string of the molecule is CC(NCc1cccc(C(=O)O)c1)C1CCN(Cc2ccccc2)C1. The molecule has 4 heteroatoms. The minimum Gasteiger partial charge on any atom is -0.478 e. The standard InChI is InChI=1S/C21H26N2O2/c1-16(22-13-18-8-5-9-19(12-18)21(24)25)20-10-11-23(15-20)14-17-6-3-2-4-7-17/h2-9,12,16,20,22H,10-11,13-15H2,1H3,(H,24,25). The number of nitrogens with one attached hydrogen (secondary N) is 1. The Morgan fingerprint density at radius 2 is 1.96 bits per heavy atom. The van der Waals surface area contributed by atoms with Crippen molar-refractivity contribution < 1.29 is 9.90 Å². The zero-order valence-corrected chi connectivity index (χ0v) is 14.7.